The van der Waals surface area contributed by atoms with Crippen molar-refractivity contribution in [3.63, 3.8) is 0 Å². The summed E-state index contributed by atoms with van der Waals surface area (Å²) in [5.74, 6) is -1.84. The van der Waals surface area contributed by atoms with Gasteiger partial charge in [0.25, 0.3) is 5.91 Å². The third-order valence-corrected chi connectivity index (χ3v) is 5.23. The Morgan fingerprint density at radius 3 is 2.46 bits per heavy atom. The van der Waals surface area contributed by atoms with E-state index in [2.05, 4.69) is 5.32 Å². The van der Waals surface area contributed by atoms with Gasteiger partial charge in [-0.3, -0.25) is 10.2 Å². The first kappa shape index (κ1) is 19.6. The molecule has 2 aromatic carbocycles. The quantitative estimate of drug-likeness (QED) is 0.350. The Labute approximate surface area is 170 Å². The molecule has 1 aromatic heterocycles. The molecule has 1 heterocycles. The summed E-state index contributed by atoms with van der Waals surface area (Å²) in [6.07, 6.45) is 0.0519. The van der Waals surface area contributed by atoms with Gasteiger partial charge in [-0.1, -0.05) is 41.9 Å². The third-order valence-electron chi connectivity index (χ3n) is 4.08. The summed E-state index contributed by atoms with van der Waals surface area (Å²) in [5.41, 5.74) is 7.92. The Balaban J connectivity index is 1.83. The van der Waals surface area contributed by atoms with E-state index in [1.165, 1.54) is 0 Å². The van der Waals surface area contributed by atoms with E-state index in [1.807, 2.05) is 0 Å². The van der Waals surface area contributed by atoms with E-state index in [0.29, 0.717) is 27.4 Å². The number of amides is 1. The Kier molecular flexibility index (Phi) is 5.77. The Bertz CT molecular complexity index is 1060. The van der Waals surface area contributed by atoms with Gasteiger partial charge in [-0.15, -0.1) is 11.3 Å². The standard InChI is InChI=1S/C20H16ClN3O3S/c21-13-7-5-11(6-8-13)14-10-28-19(17(14)20(26)27)24-18(25)16(23)9-12-3-1-2-4-15(12)22/h1-8,10,23H,9,22H2,(H,24,25)(H,26,27). The van der Waals surface area contributed by atoms with Gasteiger partial charge in [0, 0.05) is 28.1 Å². The highest BCUT2D eigenvalue weighted by Gasteiger charge is 2.22. The minimum atomic E-state index is -1.17. The van der Waals surface area contributed by atoms with E-state index < -0.39 is 11.9 Å². The van der Waals surface area contributed by atoms with E-state index >= 15 is 0 Å². The molecule has 0 saturated heterocycles. The summed E-state index contributed by atoms with van der Waals surface area (Å²) in [4.78, 5) is 24.2. The van der Waals surface area contributed by atoms with Crippen LogP contribution < -0.4 is 11.1 Å². The average molecular weight is 414 g/mol. The molecular formula is C20H16ClN3O3S. The number of nitrogens with one attached hydrogen (secondary N) is 2. The first-order valence-electron chi connectivity index (χ1n) is 8.19. The van der Waals surface area contributed by atoms with E-state index in [4.69, 9.17) is 22.7 Å². The van der Waals surface area contributed by atoms with Gasteiger partial charge in [-0.2, -0.15) is 0 Å². The van der Waals surface area contributed by atoms with E-state index in [0.717, 1.165) is 11.3 Å². The number of anilines is 2. The highest BCUT2D eigenvalue weighted by atomic mass is 35.5. The number of nitrogens with two attached hydrogens (primary N) is 1. The van der Waals surface area contributed by atoms with Crippen LogP contribution in [0.5, 0.6) is 0 Å². The number of halogens is 1. The Hall–Kier alpha value is -3.16. The molecule has 0 fully saturated rings. The van der Waals surface area contributed by atoms with E-state index in [-0.39, 0.29) is 22.7 Å². The van der Waals surface area contributed by atoms with Gasteiger partial charge in [0.05, 0.1) is 0 Å². The summed E-state index contributed by atoms with van der Waals surface area (Å²) in [6, 6.07) is 13.7. The summed E-state index contributed by atoms with van der Waals surface area (Å²) in [5, 5.41) is 22.6. The molecule has 5 N–H and O–H groups in total. The van der Waals surface area contributed by atoms with Crippen LogP contribution in [0, 0.1) is 5.41 Å². The molecule has 0 aliphatic rings. The minimum absolute atomic E-state index is 0.0207. The van der Waals surface area contributed by atoms with Crippen molar-refractivity contribution in [3.05, 3.63) is 70.1 Å². The van der Waals surface area contributed by atoms with Crippen LogP contribution in [0.15, 0.2) is 53.9 Å². The highest BCUT2D eigenvalue weighted by Crippen LogP contribution is 2.36. The lowest BCUT2D eigenvalue weighted by Crippen LogP contribution is -2.24. The summed E-state index contributed by atoms with van der Waals surface area (Å²) in [7, 11) is 0. The lowest BCUT2D eigenvalue weighted by molar-refractivity contribution is -0.110. The predicted molar refractivity (Wildman–Crippen MR) is 113 cm³/mol. The average Bonchev–Trinajstić information content (AvgIpc) is 3.08. The first-order valence-corrected chi connectivity index (χ1v) is 9.45. The topological polar surface area (TPSA) is 116 Å². The van der Waals surface area contributed by atoms with Crippen molar-refractivity contribution in [2.24, 2.45) is 0 Å². The normalized spacial score (nSPS) is 10.5. The maximum Gasteiger partial charge on any atom is 0.339 e. The zero-order valence-corrected chi connectivity index (χ0v) is 16.1. The molecule has 8 heteroatoms. The zero-order chi connectivity index (χ0) is 20.3. The molecule has 0 unspecified atom stereocenters. The van der Waals surface area contributed by atoms with Crippen molar-refractivity contribution in [3.8, 4) is 11.1 Å². The fourth-order valence-corrected chi connectivity index (χ4v) is 3.73. The second-order valence-corrected chi connectivity index (χ2v) is 7.29. The van der Waals surface area contributed by atoms with Gasteiger partial charge in [-0.05, 0) is 29.3 Å². The van der Waals surface area contributed by atoms with Gasteiger partial charge in [0.1, 0.15) is 16.3 Å². The number of carboxylic acid groups (broad SMARTS) is 1. The largest absolute Gasteiger partial charge is 0.478 e. The molecule has 142 valence electrons. The van der Waals surface area contributed by atoms with Crippen LogP contribution in [-0.4, -0.2) is 22.7 Å². The van der Waals surface area contributed by atoms with Crippen molar-refractivity contribution in [1.29, 1.82) is 5.41 Å². The SMILES string of the molecule is N=C(Cc1ccccc1N)C(=O)Nc1scc(-c2ccc(Cl)cc2)c1C(=O)O. The lowest BCUT2D eigenvalue weighted by Gasteiger charge is -2.08. The van der Waals surface area contributed by atoms with Gasteiger partial charge >= 0.3 is 5.97 Å². The summed E-state index contributed by atoms with van der Waals surface area (Å²) >= 11 is 6.98. The fraction of sp³-hybridized carbons (Fsp3) is 0.0500. The number of rotatable bonds is 6. The van der Waals surface area contributed by atoms with Crippen LogP contribution in [0.4, 0.5) is 10.7 Å². The number of carbonyl (C=O) groups excluding carboxylic acids is 1. The molecule has 0 aliphatic heterocycles. The third kappa shape index (κ3) is 4.21. The molecule has 6 nitrogen and oxygen atoms in total. The smallest absolute Gasteiger partial charge is 0.339 e. The molecule has 28 heavy (non-hydrogen) atoms. The maximum atomic E-state index is 12.4. The highest BCUT2D eigenvalue weighted by molar-refractivity contribution is 7.15. The molecule has 0 bridgehead atoms. The Morgan fingerprint density at radius 2 is 1.82 bits per heavy atom. The monoisotopic (exact) mass is 413 g/mol. The van der Waals surface area contributed by atoms with Crippen molar-refractivity contribution < 1.29 is 14.7 Å². The second-order valence-electron chi connectivity index (χ2n) is 5.97. The van der Waals surface area contributed by atoms with Gasteiger partial charge in [0.2, 0.25) is 0 Å². The molecular weight excluding hydrogens is 398 g/mol. The predicted octanol–water partition coefficient (Wildman–Crippen LogP) is 4.55. The van der Waals surface area contributed by atoms with Gasteiger partial charge in [-0.25, -0.2) is 4.79 Å². The number of thiophene rings is 1. The van der Waals surface area contributed by atoms with Gasteiger partial charge in [0.15, 0.2) is 0 Å². The van der Waals surface area contributed by atoms with Crippen LogP contribution in [0.3, 0.4) is 0 Å². The number of nitrogen functional groups attached to an aromatic ring is 1. The molecule has 0 saturated carbocycles. The van der Waals surface area contributed by atoms with Gasteiger partial charge < -0.3 is 16.2 Å². The summed E-state index contributed by atoms with van der Waals surface area (Å²) < 4.78 is 0. The molecule has 3 rings (SSSR count). The number of aromatic carboxylic acids is 1. The van der Waals surface area contributed by atoms with Crippen LogP contribution >= 0.6 is 22.9 Å². The van der Waals surface area contributed by atoms with Crippen molar-refractivity contribution in [2.75, 3.05) is 11.1 Å². The molecule has 3 aromatic rings. The number of hydrogen-bond donors (Lipinski definition) is 4. The van der Waals surface area contributed by atoms with Crippen LogP contribution in [0.25, 0.3) is 11.1 Å². The molecule has 0 atom stereocenters. The zero-order valence-electron chi connectivity index (χ0n) is 14.5. The number of para-hydroxylation sites is 1. The lowest BCUT2D eigenvalue weighted by atomic mass is 10.0. The number of carboxylic acids is 1. The number of carbonyl (C=O) groups is 2. The summed E-state index contributed by atoms with van der Waals surface area (Å²) in [6.45, 7) is 0. The first-order chi connectivity index (χ1) is 13.4. The van der Waals surface area contributed by atoms with Crippen LogP contribution in [0.2, 0.25) is 5.02 Å². The van der Waals surface area contributed by atoms with E-state index in [1.54, 1.807) is 53.9 Å². The van der Waals surface area contributed by atoms with Crippen LogP contribution in [0.1, 0.15) is 15.9 Å². The maximum absolute atomic E-state index is 12.4. The number of benzene rings is 2. The van der Waals surface area contributed by atoms with Crippen molar-refractivity contribution in [2.45, 2.75) is 6.42 Å². The van der Waals surface area contributed by atoms with Crippen molar-refractivity contribution in [1.82, 2.24) is 0 Å². The Morgan fingerprint density at radius 1 is 1.14 bits per heavy atom. The fourth-order valence-electron chi connectivity index (χ4n) is 2.65. The van der Waals surface area contributed by atoms with Crippen molar-refractivity contribution >= 4 is 51.2 Å². The molecule has 1 amide bonds. The molecule has 0 spiro atoms. The molecule has 0 aliphatic carbocycles. The van der Waals surface area contributed by atoms with Crippen LogP contribution in [-0.2, 0) is 11.2 Å². The molecule has 0 radical (unpaired) electrons. The number of hydrogen-bond acceptors (Lipinski definition) is 5. The second kappa shape index (κ2) is 8.24. The minimum Gasteiger partial charge on any atom is -0.478 e. The van der Waals surface area contributed by atoms with E-state index in [9.17, 15) is 14.7 Å².